The number of rotatable bonds is 16. The molecule has 12 nitrogen and oxygen atoms in total. The van der Waals surface area contributed by atoms with Crippen LogP contribution in [0.5, 0.6) is 0 Å². The van der Waals surface area contributed by atoms with Gasteiger partial charge in [-0.2, -0.15) is 0 Å². The van der Waals surface area contributed by atoms with Gasteiger partial charge in [-0.1, -0.05) is 27.7 Å². The maximum atomic E-state index is 10.5. The Labute approximate surface area is 227 Å². The van der Waals surface area contributed by atoms with E-state index < -0.39 is 43.1 Å². The summed E-state index contributed by atoms with van der Waals surface area (Å²) < 4.78 is 0. The molecule has 0 heterocycles. The molecule has 0 aromatic rings. The molecule has 0 aromatic heterocycles. The van der Waals surface area contributed by atoms with Crippen LogP contribution in [0.4, 0.5) is 0 Å². The molecule has 0 aromatic carbocycles. The minimum atomic E-state index is -1.28. The van der Waals surface area contributed by atoms with Crippen LogP contribution in [0.2, 0.25) is 0 Å². The second-order valence-electron chi connectivity index (χ2n) is 7.37. The van der Waals surface area contributed by atoms with E-state index in [0.717, 1.165) is 6.42 Å². The maximum Gasteiger partial charge on any atom is 3.00 e. The van der Waals surface area contributed by atoms with Gasteiger partial charge in [-0.05, 0) is 25.7 Å². The number of carboxylic acids is 4. The van der Waals surface area contributed by atoms with Crippen LogP contribution < -0.4 is 15.3 Å². The molecule has 0 aliphatic carbocycles. The van der Waals surface area contributed by atoms with Crippen LogP contribution in [0.15, 0.2) is 0 Å². The van der Waals surface area contributed by atoms with Gasteiger partial charge in [-0.3, -0.25) is 24.0 Å². The number of carbonyl (C=O) groups excluding carboxylic acids is 7. The number of Topliss-reactive ketones (excluding diaryl/α,β-unsaturated/α-hetero) is 4. The van der Waals surface area contributed by atoms with Crippen LogP contribution in [0.25, 0.3) is 0 Å². The zero-order valence-electron chi connectivity index (χ0n) is 22.0. The largest absolute Gasteiger partial charge is 3.00 e. The minimum Gasteiger partial charge on any atom is -0.550 e. The van der Waals surface area contributed by atoms with E-state index in [1.165, 1.54) is 0 Å². The first-order valence-electron chi connectivity index (χ1n) is 11.5. The Morgan fingerprint density at radius 2 is 0.649 bits per heavy atom. The van der Waals surface area contributed by atoms with Gasteiger partial charge in [0.05, 0.1) is 0 Å². The first kappa shape index (κ1) is 44.1. The average molecular weight is 545 g/mol. The molecule has 0 radical (unpaired) electrons. The van der Waals surface area contributed by atoms with Gasteiger partial charge in [0.2, 0.25) is 0 Å². The van der Waals surface area contributed by atoms with Gasteiger partial charge in [0.25, 0.3) is 0 Å². The number of hydrogen-bond acceptors (Lipinski definition) is 11. The molecule has 0 aliphatic heterocycles. The Hall–Kier alpha value is -2.91. The van der Waals surface area contributed by atoms with Crippen LogP contribution in [0.3, 0.4) is 0 Å². The maximum absolute atomic E-state index is 10.5. The van der Waals surface area contributed by atoms with Gasteiger partial charge >= 0.3 is 23.3 Å². The van der Waals surface area contributed by atoms with Crippen molar-refractivity contribution in [2.24, 2.45) is 0 Å². The molecule has 208 valence electrons. The van der Waals surface area contributed by atoms with E-state index in [1.54, 1.807) is 0 Å². The summed E-state index contributed by atoms with van der Waals surface area (Å²) in [7, 11) is 0. The molecule has 0 unspecified atom stereocenters. The summed E-state index contributed by atoms with van der Waals surface area (Å²) >= 11 is 0. The van der Waals surface area contributed by atoms with Gasteiger partial charge < -0.3 is 34.8 Å². The van der Waals surface area contributed by atoms with E-state index in [0.29, 0.717) is 44.9 Å². The van der Waals surface area contributed by atoms with E-state index >= 15 is 0 Å². The predicted octanol–water partition coefficient (Wildman–Crippen LogP) is -1.06. The van der Waals surface area contributed by atoms with Crippen LogP contribution in [0, 0.1) is 0 Å². The van der Waals surface area contributed by atoms with Crippen molar-refractivity contribution in [1.82, 2.24) is 0 Å². The van der Waals surface area contributed by atoms with Gasteiger partial charge in [0.15, 0.2) is 0 Å². The third kappa shape index (κ3) is 50.8. The number of carboxylic acid groups (broad SMARTS) is 4. The molecule has 0 fully saturated rings. The van der Waals surface area contributed by atoms with E-state index in [9.17, 15) is 53.7 Å². The molecule has 0 bridgehead atoms. The van der Waals surface area contributed by atoms with Crippen LogP contribution >= 0.6 is 0 Å². The zero-order chi connectivity index (χ0) is 29.1. The second-order valence-corrected chi connectivity index (χ2v) is 7.37. The normalized spacial score (nSPS) is 8.76. The van der Waals surface area contributed by atoms with Crippen LogP contribution in [-0.4, -0.2) is 69.5 Å². The molecule has 1 N–H and O–H groups in total. The third-order valence-electron chi connectivity index (χ3n) is 3.49. The van der Waals surface area contributed by atoms with Crippen molar-refractivity contribution in [2.75, 3.05) is 0 Å². The average Bonchev–Trinajstić information content (AvgIpc) is 2.68. The van der Waals surface area contributed by atoms with Gasteiger partial charge in [-0.25, -0.2) is 0 Å². The van der Waals surface area contributed by atoms with Crippen molar-refractivity contribution in [3.63, 3.8) is 0 Å². The first-order chi connectivity index (χ1) is 16.7. The van der Waals surface area contributed by atoms with Gasteiger partial charge in [-0.15, -0.1) is 0 Å². The van der Waals surface area contributed by atoms with Crippen molar-refractivity contribution < 1.29 is 58.8 Å². The second kappa shape index (κ2) is 31.1. The Bertz CT molecular complexity index is 597. The summed E-state index contributed by atoms with van der Waals surface area (Å²) in [6.45, 7) is 7.33. The molecule has 0 spiro atoms. The summed E-state index contributed by atoms with van der Waals surface area (Å²) in [5, 5.41) is 37.3. The topological polar surface area (TPSA) is 226 Å². The fourth-order valence-corrected chi connectivity index (χ4v) is 2.12. The molecule has 0 rings (SSSR count). The van der Waals surface area contributed by atoms with Crippen LogP contribution in [0.1, 0.15) is 105 Å². The SMILES string of the molecule is CCCC(=O)CC(=O)O.CCCC(=O)CC(=O)[O-].CCCC(=O)CC(=O)[O-].CCCC(=O)CC(=O)[O-].[Al+3]. The summed E-state index contributed by atoms with van der Waals surface area (Å²) in [6, 6.07) is 0. The molecule has 0 amide bonds. The van der Waals surface area contributed by atoms with E-state index in [-0.39, 0.29) is 46.9 Å². The van der Waals surface area contributed by atoms with Crippen molar-refractivity contribution in [1.29, 1.82) is 0 Å². The Kier molecular flexibility index (Phi) is 37.1. The number of carbonyl (C=O) groups is 8. The fourth-order valence-electron chi connectivity index (χ4n) is 2.12. The fraction of sp³-hybridized carbons (Fsp3) is 0.667. The molecule has 0 atom stereocenters. The number of aliphatic carboxylic acids is 4. The van der Waals surface area contributed by atoms with Crippen molar-refractivity contribution in [3.05, 3.63) is 0 Å². The Balaban J connectivity index is -0.000000122. The van der Waals surface area contributed by atoms with Crippen molar-refractivity contribution >= 4 is 64.4 Å². The molecular weight excluding hydrogens is 507 g/mol. The third-order valence-corrected chi connectivity index (χ3v) is 3.49. The van der Waals surface area contributed by atoms with Crippen LogP contribution in [-0.2, 0) is 38.4 Å². The monoisotopic (exact) mass is 544 g/mol. The van der Waals surface area contributed by atoms with Crippen molar-refractivity contribution in [2.45, 2.75) is 105 Å². The quantitative estimate of drug-likeness (QED) is 0.181. The molecule has 0 saturated carbocycles. The summed E-state index contributed by atoms with van der Waals surface area (Å²) in [4.78, 5) is 80.9. The number of ketones is 4. The smallest absolute Gasteiger partial charge is 0.550 e. The van der Waals surface area contributed by atoms with Gasteiger partial charge in [0.1, 0.15) is 29.6 Å². The number of hydrogen-bond donors (Lipinski definition) is 1. The first-order valence-corrected chi connectivity index (χ1v) is 11.5. The van der Waals surface area contributed by atoms with E-state index in [2.05, 4.69) is 0 Å². The minimum absolute atomic E-state index is 0. The van der Waals surface area contributed by atoms with Crippen molar-refractivity contribution in [3.8, 4) is 0 Å². The Morgan fingerprint density at radius 3 is 0.784 bits per heavy atom. The standard InChI is InChI=1S/4C6H10O3.Al/c4*1-2-3-5(7)4-6(8)9;/h4*2-4H2,1H3,(H,8,9);/q;;;;+3/p-3. The van der Waals surface area contributed by atoms with Gasteiger partial charge in [0, 0.05) is 62.9 Å². The molecular formula is C24H37AlO12. The molecule has 37 heavy (non-hydrogen) atoms. The summed E-state index contributed by atoms with van der Waals surface area (Å²) in [5.41, 5.74) is 0. The molecule has 0 saturated heterocycles. The zero-order valence-corrected chi connectivity index (χ0v) is 23.2. The summed E-state index contributed by atoms with van der Waals surface area (Å²) in [5.74, 6) is -5.83. The predicted molar refractivity (Wildman–Crippen MR) is 127 cm³/mol. The van der Waals surface area contributed by atoms with E-state index in [4.69, 9.17) is 5.11 Å². The molecule has 0 aliphatic rings. The van der Waals surface area contributed by atoms with E-state index in [1.807, 2.05) is 27.7 Å². The summed E-state index contributed by atoms with van der Waals surface area (Å²) in [6.07, 6.45) is 2.60. The Morgan fingerprint density at radius 1 is 0.459 bits per heavy atom. The molecule has 13 heteroatoms.